The molecule has 2 aliphatic heterocycles. The summed E-state index contributed by atoms with van der Waals surface area (Å²) in [5.74, 6) is -0.857. The van der Waals surface area contributed by atoms with E-state index in [1.807, 2.05) is 13.8 Å². The van der Waals surface area contributed by atoms with Gasteiger partial charge in [-0.15, -0.1) is 0 Å². The number of amides is 2. The highest BCUT2D eigenvalue weighted by Gasteiger charge is 2.57. The maximum atomic E-state index is 15.8. The molecule has 2 amide bonds. The van der Waals surface area contributed by atoms with Crippen molar-refractivity contribution in [3.8, 4) is 11.5 Å². The molecular formula is C33H37ClFN3O7S. The van der Waals surface area contributed by atoms with Crippen LogP contribution in [0.25, 0.3) is 0 Å². The number of carbonyl (C=O) groups excluding carboxylic acids is 1. The molecule has 3 aromatic carbocycles. The van der Waals surface area contributed by atoms with Crippen LogP contribution in [0, 0.1) is 5.82 Å². The minimum atomic E-state index is -4.51. The molecule has 0 radical (unpaired) electrons. The topological polar surface area (TPSA) is 117 Å². The normalized spacial score (nSPS) is 18.9. The Kier molecular flexibility index (Phi) is 9.81. The molecule has 1 atom stereocenters. The summed E-state index contributed by atoms with van der Waals surface area (Å²) in [7, 11) is -3.12. The van der Waals surface area contributed by atoms with E-state index in [0.717, 1.165) is 4.31 Å². The average Bonchev–Trinajstić information content (AvgIpc) is 3.13. The third-order valence-corrected chi connectivity index (χ3v) is 10.5. The minimum absolute atomic E-state index is 0.0314. The smallest absolute Gasteiger partial charge is 0.407 e. The summed E-state index contributed by atoms with van der Waals surface area (Å²) in [5.41, 5.74) is -1.41. The highest BCUT2D eigenvalue weighted by Crippen LogP contribution is 2.53. The molecule has 1 fully saturated rings. The van der Waals surface area contributed by atoms with Crippen molar-refractivity contribution in [3.63, 3.8) is 0 Å². The molecule has 0 bridgehead atoms. The molecule has 0 spiro atoms. The largest absolute Gasteiger partial charge is 0.495 e. The Morgan fingerprint density at radius 3 is 2.41 bits per heavy atom. The van der Waals surface area contributed by atoms with Crippen LogP contribution in [0.1, 0.15) is 44.2 Å². The number of hydrogen-bond acceptors (Lipinski definition) is 7. The second kappa shape index (κ2) is 13.5. The molecule has 246 valence electrons. The molecule has 0 aliphatic carbocycles. The number of nitrogens with zero attached hydrogens (tertiary/aromatic N) is 3. The fraction of sp³-hybridized carbons (Fsp3) is 0.394. The maximum absolute atomic E-state index is 15.8. The summed E-state index contributed by atoms with van der Waals surface area (Å²) in [4.78, 5) is 29.6. The molecule has 46 heavy (non-hydrogen) atoms. The van der Waals surface area contributed by atoms with E-state index in [1.165, 1.54) is 66.6 Å². The first-order chi connectivity index (χ1) is 21.9. The van der Waals surface area contributed by atoms with E-state index in [9.17, 15) is 23.1 Å². The van der Waals surface area contributed by atoms with Gasteiger partial charge in [0.15, 0.2) is 0 Å². The molecule has 1 N–H and O–H groups in total. The lowest BCUT2D eigenvalue weighted by atomic mass is 9.72. The zero-order valence-corrected chi connectivity index (χ0v) is 27.5. The number of anilines is 1. The predicted octanol–water partition coefficient (Wildman–Crippen LogP) is 5.76. The molecule has 2 aliphatic rings. The van der Waals surface area contributed by atoms with E-state index in [4.69, 9.17) is 21.1 Å². The van der Waals surface area contributed by atoms with Crippen molar-refractivity contribution in [1.29, 1.82) is 0 Å². The Morgan fingerprint density at radius 2 is 1.76 bits per heavy atom. The van der Waals surface area contributed by atoms with Crippen molar-refractivity contribution in [2.45, 2.75) is 49.5 Å². The number of rotatable bonds is 10. The van der Waals surface area contributed by atoms with Crippen LogP contribution in [-0.4, -0.2) is 81.3 Å². The van der Waals surface area contributed by atoms with Gasteiger partial charge >= 0.3 is 6.09 Å². The lowest BCUT2D eigenvalue weighted by Crippen LogP contribution is -2.45. The zero-order chi connectivity index (χ0) is 33.2. The highest BCUT2D eigenvalue weighted by atomic mass is 35.5. The molecule has 0 saturated carbocycles. The van der Waals surface area contributed by atoms with Crippen LogP contribution in [0.15, 0.2) is 65.6 Å². The van der Waals surface area contributed by atoms with Crippen molar-refractivity contribution >= 4 is 39.3 Å². The number of ether oxygens (including phenoxy) is 2. The standard InChI is InChI=1S/C33H37ClFN3O7S/c1-22(2)45-23-10-12-24(13-11-23)46(42,43)38-29-21-30(44-3)27(34)20-26(29)33(31(38)39,25-8-4-5-9-28(25)35)14-6-15-36-16-7-17-37(19-18-36)32(40)41/h4-5,8-13,20-22H,6-7,14-19H2,1-3H3,(H,40,41). The third-order valence-electron chi connectivity index (χ3n) is 8.45. The second-order valence-electron chi connectivity index (χ2n) is 11.7. The van der Waals surface area contributed by atoms with E-state index in [2.05, 4.69) is 4.90 Å². The Bertz CT molecular complexity index is 1720. The molecule has 5 rings (SSSR count). The second-order valence-corrected chi connectivity index (χ2v) is 13.9. The summed E-state index contributed by atoms with van der Waals surface area (Å²) < 4.78 is 56.2. The fourth-order valence-corrected chi connectivity index (χ4v) is 8.03. The summed E-state index contributed by atoms with van der Waals surface area (Å²) in [6.07, 6.45) is -0.00238. The van der Waals surface area contributed by atoms with Crippen molar-refractivity contribution in [1.82, 2.24) is 9.80 Å². The van der Waals surface area contributed by atoms with Crippen LogP contribution < -0.4 is 13.8 Å². The van der Waals surface area contributed by atoms with Crippen LogP contribution in [0.2, 0.25) is 5.02 Å². The molecule has 10 nitrogen and oxygen atoms in total. The van der Waals surface area contributed by atoms with Gasteiger partial charge in [0.1, 0.15) is 22.7 Å². The maximum Gasteiger partial charge on any atom is 0.407 e. The van der Waals surface area contributed by atoms with E-state index < -0.39 is 33.3 Å². The number of sulfonamides is 1. The van der Waals surface area contributed by atoms with Gasteiger partial charge in [0.05, 0.1) is 28.8 Å². The van der Waals surface area contributed by atoms with Crippen LogP contribution in [-0.2, 0) is 20.2 Å². The first-order valence-electron chi connectivity index (χ1n) is 15.1. The molecule has 2 heterocycles. The van der Waals surface area contributed by atoms with Gasteiger partial charge < -0.3 is 24.4 Å². The fourth-order valence-electron chi connectivity index (χ4n) is 6.31. The Morgan fingerprint density at radius 1 is 1.04 bits per heavy atom. The summed E-state index contributed by atoms with van der Waals surface area (Å²) >= 11 is 6.59. The Balaban J connectivity index is 1.59. The van der Waals surface area contributed by atoms with Gasteiger partial charge in [-0.2, -0.15) is 0 Å². The molecule has 1 saturated heterocycles. The number of carbonyl (C=O) groups is 2. The van der Waals surface area contributed by atoms with Crippen molar-refractivity contribution < 1.29 is 37.0 Å². The number of carboxylic acid groups (broad SMARTS) is 1. The first-order valence-corrected chi connectivity index (χ1v) is 16.9. The van der Waals surface area contributed by atoms with Gasteiger partial charge in [-0.05, 0) is 88.2 Å². The van der Waals surface area contributed by atoms with Gasteiger partial charge in [0.25, 0.3) is 15.9 Å². The van der Waals surface area contributed by atoms with Crippen LogP contribution in [0.3, 0.4) is 0 Å². The number of hydrogen-bond donors (Lipinski definition) is 1. The Hall–Kier alpha value is -3.87. The molecule has 3 aromatic rings. The summed E-state index contributed by atoms with van der Waals surface area (Å²) in [6, 6.07) is 14.5. The summed E-state index contributed by atoms with van der Waals surface area (Å²) in [5, 5.41) is 9.56. The van der Waals surface area contributed by atoms with Crippen LogP contribution >= 0.6 is 11.6 Å². The lowest BCUT2D eigenvalue weighted by Gasteiger charge is -2.31. The van der Waals surface area contributed by atoms with Crippen LogP contribution in [0.5, 0.6) is 11.5 Å². The van der Waals surface area contributed by atoms with Gasteiger partial charge in [-0.25, -0.2) is 21.9 Å². The van der Waals surface area contributed by atoms with E-state index >= 15 is 4.39 Å². The minimum Gasteiger partial charge on any atom is -0.495 e. The number of fused-ring (bicyclic) bond motifs is 1. The molecular weight excluding hydrogens is 637 g/mol. The van der Waals surface area contributed by atoms with Gasteiger partial charge in [0.2, 0.25) is 0 Å². The van der Waals surface area contributed by atoms with E-state index in [1.54, 1.807) is 6.07 Å². The number of benzene rings is 3. The highest BCUT2D eigenvalue weighted by molar-refractivity contribution is 7.93. The predicted molar refractivity (Wildman–Crippen MR) is 172 cm³/mol. The number of halogens is 2. The van der Waals surface area contributed by atoms with E-state index in [-0.39, 0.29) is 45.0 Å². The molecule has 1 unspecified atom stereocenters. The van der Waals surface area contributed by atoms with Crippen molar-refractivity contribution in [3.05, 3.63) is 82.6 Å². The van der Waals surface area contributed by atoms with Gasteiger partial charge in [-0.3, -0.25) is 4.79 Å². The lowest BCUT2D eigenvalue weighted by molar-refractivity contribution is -0.121. The monoisotopic (exact) mass is 673 g/mol. The van der Waals surface area contributed by atoms with Crippen molar-refractivity contribution in [2.75, 3.05) is 44.1 Å². The zero-order valence-electron chi connectivity index (χ0n) is 25.9. The molecule has 13 heteroatoms. The average molecular weight is 674 g/mol. The van der Waals surface area contributed by atoms with Crippen molar-refractivity contribution in [2.24, 2.45) is 0 Å². The Labute approximate surface area is 273 Å². The summed E-state index contributed by atoms with van der Waals surface area (Å²) in [6.45, 7) is 6.11. The number of methoxy groups -OCH3 is 1. The van der Waals surface area contributed by atoms with Gasteiger partial charge in [-0.1, -0.05) is 29.8 Å². The first kappa shape index (κ1) is 33.5. The quantitative estimate of drug-likeness (QED) is 0.289. The van der Waals surface area contributed by atoms with Crippen LogP contribution in [0.4, 0.5) is 14.9 Å². The third kappa shape index (κ3) is 6.25. The van der Waals surface area contributed by atoms with E-state index in [0.29, 0.717) is 51.3 Å². The molecule has 0 aromatic heterocycles. The SMILES string of the molecule is COc1cc2c(cc1Cl)C(CCCN1CCCN(C(=O)O)CC1)(c1ccccc1F)C(=O)N2S(=O)(=O)c1ccc(OC(C)C)cc1. The van der Waals surface area contributed by atoms with Gasteiger partial charge in [0, 0.05) is 31.3 Å².